The zero-order valence-corrected chi connectivity index (χ0v) is 11.2. The molecule has 0 saturated heterocycles. The van der Waals surface area contributed by atoms with Crippen molar-refractivity contribution in [1.29, 1.82) is 0 Å². The molecule has 0 aliphatic heterocycles. The summed E-state index contributed by atoms with van der Waals surface area (Å²) in [6, 6.07) is 8.97. The third-order valence-corrected chi connectivity index (χ3v) is 2.85. The van der Waals surface area contributed by atoms with Gasteiger partial charge in [0, 0.05) is 24.9 Å². The molecule has 1 aromatic heterocycles. The van der Waals surface area contributed by atoms with Crippen molar-refractivity contribution in [3.63, 3.8) is 0 Å². The molecule has 0 spiro atoms. The Balaban J connectivity index is 1.98. The standard InChI is InChI=1S/C15H17N3O2/c1-18-10-12(9-16-18)7-8-15(20)17-14(11-19)13-5-3-2-4-6-13/h2-10,14,19H,11H2,1H3,(H,17,20). The molecular formula is C15H17N3O2. The first-order valence-corrected chi connectivity index (χ1v) is 6.32. The first-order valence-electron chi connectivity index (χ1n) is 6.32. The normalized spacial score (nSPS) is 12.5. The predicted octanol–water partition coefficient (Wildman–Crippen LogP) is 1.28. The molecule has 0 aliphatic carbocycles. The summed E-state index contributed by atoms with van der Waals surface area (Å²) in [7, 11) is 1.81. The van der Waals surface area contributed by atoms with Crippen molar-refractivity contribution in [1.82, 2.24) is 15.1 Å². The summed E-state index contributed by atoms with van der Waals surface area (Å²) in [6.45, 7) is -0.142. The topological polar surface area (TPSA) is 67.2 Å². The van der Waals surface area contributed by atoms with E-state index in [9.17, 15) is 9.90 Å². The molecule has 0 radical (unpaired) electrons. The molecule has 1 amide bonds. The second-order valence-corrected chi connectivity index (χ2v) is 4.44. The quantitative estimate of drug-likeness (QED) is 0.805. The summed E-state index contributed by atoms with van der Waals surface area (Å²) in [5.74, 6) is -0.253. The molecule has 0 bridgehead atoms. The monoisotopic (exact) mass is 271 g/mol. The van der Waals surface area contributed by atoms with E-state index in [0.717, 1.165) is 11.1 Å². The van der Waals surface area contributed by atoms with Crippen LogP contribution in [0.5, 0.6) is 0 Å². The summed E-state index contributed by atoms with van der Waals surface area (Å²) in [5.41, 5.74) is 1.72. The lowest BCUT2D eigenvalue weighted by molar-refractivity contribution is -0.117. The number of benzene rings is 1. The number of aliphatic hydroxyl groups is 1. The lowest BCUT2D eigenvalue weighted by Gasteiger charge is -2.15. The summed E-state index contributed by atoms with van der Waals surface area (Å²) in [6.07, 6.45) is 6.60. The van der Waals surface area contributed by atoms with Crippen LogP contribution in [0.25, 0.3) is 6.08 Å². The average molecular weight is 271 g/mol. The number of nitrogens with zero attached hydrogens (tertiary/aromatic N) is 2. The number of carbonyl (C=O) groups excluding carboxylic acids is 1. The fraction of sp³-hybridized carbons (Fsp3) is 0.200. The zero-order chi connectivity index (χ0) is 14.4. The number of rotatable bonds is 5. The van der Waals surface area contributed by atoms with Gasteiger partial charge >= 0.3 is 0 Å². The SMILES string of the molecule is Cn1cc(C=CC(=O)NC(CO)c2ccccc2)cn1. The van der Waals surface area contributed by atoms with Crippen LogP contribution < -0.4 is 5.32 Å². The van der Waals surface area contributed by atoms with E-state index in [0.29, 0.717) is 0 Å². The third kappa shape index (κ3) is 3.80. The van der Waals surface area contributed by atoms with E-state index < -0.39 is 6.04 Å². The Labute approximate surface area is 117 Å². The van der Waals surface area contributed by atoms with Crippen LogP contribution in [0.1, 0.15) is 17.2 Å². The number of carbonyl (C=O) groups is 1. The molecule has 2 N–H and O–H groups in total. The lowest BCUT2D eigenvalue weighted by atomic mass is 10.1. The van der Waals surface area contributed by atoms with Gasteiger partial charge in [-0.2, -0.15) is 5.10 Å². The van der Waals surface area contributed by atoms with Crippen LogP contribution in [0.4, 0.5) is 0 Å². The van der Waals surface area contributed by atoms with Gasteiger partial charge in [0.05, 0.1) is 18.8 Å². The number of aromatic nitrogens is 2. The van der Waals surface area contributed by atoms with Crippen LogP contribution in [-0.2, 0) is 11.8 Å². The van der Waals surface area contributed by atoms with Crippen LogP contribution in [0.15, 0.2) is 48.8 Å². The van der Waals surface area contributed by atoms with Gasteiger partial charge in [-0.25, -0.2) is 0 Å². The molecule has 104 valence electrons. The molecule has 1 atom stereocenters. The second-order valence-electron chi connectivity index (χ2n) is 4.44. The van der Waals surface area contributed by atoms with Gasteiger partial charge in [0.1, 0.15) is 0 Å². The minimum atomic E-state index is -0.401. The Hall–Kier alpha value is -2.40. The number of hydrogen-bond donors (Lipinski definition) is 2. The van der Waals surface area contributed by atoms with Gasteiger partial charge in [-0.15, -0.1) is 0 Å². The van der Waals surface area contributed by atoms with Crippen molar-refractivity contribution in [3.8, 4) is 0 Å². The summed E-state index contributed by atoms with van der Waals surface area (Å²) in [5, 5.41) is 16.1. The molecule has 20 heavy (non-hydrogen) atoms. The van der Waals surface area contributed by atoms with Gasteiger partial charge in [-0.3, -0.25) is 9.48 Å². The highest BCUT2D eigenvalue weighted by molar-refractivity contribution is 5.91. The van der Waals surface area contributed by atoms with Crippen molar-refractivity contribution in [2.45, 2.75) is 6.04 Å². The fourth-order valence-electron chi connectivity index (χ4n) is 1.84. The zero-order valence-electron chi connectivity index (χ0n) is 11.2. The van der Waals surface area contributed by atoms with Crippen LogP contribution in [0.3, 0.4) is 0 Å². The molecule has 2 aromatic rings. The van der Waals surface area contributed by atoms with E-state index in [-0.39, 0.29) is 12.5 Å². The Morgan fingerprint density at radius 1 is 1.45 bits per heavy atom. The molecule has 2 rings (SSSR count). The fourth-order valence-corrected chi connectivity index (χ4v) is 1.84. The minimum Gasteiger partial charge on any atom is -0.394 e. The molecule has 1 unspecified atom stereocenters. The van der Waals surface area contributed by atoms with Gasteiger partial charge in [0.15, 0.2) is 0 Å². The number of amides is 1. The van der Waals surface area contributed by atoms with Crippen molar-refractivity contribution in [3.05, 3.63) is 59.9 Å². The molecular weight excluding hydrogens is 254 g/mol. The lowest BCUT2D eigenvalue weighted by Crippen LogP contribution is -2.29. The smallest absolute Gasteiger partial charge is 0.244 e. The molecule has 5 nitrogen and oxygen atoms in total. The van der Waals surface area contributed by atoms with Crippen molar-refractivity contribution < 1.29 is 9.90 Å². The molecule has 0 aliphatic rings. The number of aryl methyl sites for hydroxylation is 1. The minimum absolute atomic E-state index is 0.142. The number of aliphatic hydroxyl groups excluding tert-OH is 1. The van der Waals surface area contributed by atoms with E-state index >= 15 is 0 Å². The van der Waals surface area contributed by atoms with Crippen LogP contribution >= 0.6 is 0 Å². The molecule has 0 saturated carbocycles. The first-order chi connectivity index (χ1) is 9.69. The highest BCUT2D eigenvalue weighted by atomic mass is 16.3. The van der Waals surface area contributed by atoms with E-state index in [1.54, 1.807) is 17.0 Å². The number of hydrogen-bond acceptors (Lipinski definition) is 3. The van der Waals surface area contributed by atoms with Crippen molar-refractivity contribution in [2.75, 3.05) is 6.61 Å². The highest BCUT2D eigenvalue weighted by Crippen LogP contribution is 2.11. The largest absolute Gasteiger partial charge is 0.394 e. The van der Waals surface area contributed by atoms with Crippen LogP contribution in [0, 0.1) is 0 Å². The van der Waals surface area contributed by atoms with Gasteiger partial charge in [-0.1, -0.05) is 30.3 Å². The van der Waals surface area contributed by atoms with E-state index in [1.807, 2.05) is 43.6 Å². The predicted molar refractivity (Wildman–Crippen MR) is 76.7 cm³/mol. The molecule has 1 aromatic carbocycles. The maximum atomic E-state index is 11.8. The average Bonchev–Trinajstić information content (AvgIpc) is 2.89. The Bertz CT molecular complexity index is 590. The molecule has 0 fully saturated rings. The summed E-state index contributed by atoms with van der Waals surface area (Å²) >= 11 is 0. The second kappa shape index (κ2) is 6.68. The van der Waals surface area contributed by atoms with E-state index in [2.05, 4.69) is 10.4 Å². The van der Waals surface area contributed by atoms with Crippen molar-refractivity contribution in [2.24, 2.45) is 7.05 Å². The van der Waals surface area contributed by atoms with Gasteiger partial charge in [0.2, 0.25) is 5.91 Å². The van der Waals surface area contributed by atoms with Gasteiger partial charge in [0.25, 0.3) is 0 Å². The van der Waals surface area contributed by atoms with Gasteiger partial charge < -0.3 is 10.4 Å². The van der Waals surface area contributed by atoms with E-state index in [4.69, 9.17) is 0 Å². The van der Waals surface area contributed by atoms with Crippen LogP contribution in [0.2, 0.25) is 0 Å². The summed E-state index contributed by atoms with van der Waals surface area (Å²) in [4.78, 5) is 11.8. The molecule has 1 heterocycles. The Morgan fingerprint density at radius 2 is 2.20 bits per heavy atom. The number of nitrogens with one attached hydrogen (secondary N) is 1. The van der Waals surface area contributed by atoms with Crippen molar-refractivity contribution >= 4 is 12.0 Å². The highest BCUT2D eigenvalue weighted by Gasteiger charge is 2.11. The third-order valence-electron chi connectivity index (χ3n) is 2.85. The maximum absolute atomic E-state index is 11.8. The molecule has 5 heteroatoms. The Kier molecular flexibility index (Phi) is 4.68. The first kappa shape index (κ1) is 14.0. The maximum Gasteiger partial charge on any atom is 0.244 e. The Morgan fingerprint density at radius 3 is 2.80 bits per heavy atom. The summed E-state index contributed by atoms with van der Waals surface area (Å²) < 4.78 is 1.66. The van der Waals surface area contributed by atoms with E-state index in [1.165, 1.54) is 6.08 Å². The van der Waals surface area contributed by atoms with Gasteiger partial charge in [-0.05, 0) is 11.6 Å². The van der Waals surface area contributed by atoms with Crippen LogP contribution in [-0.4, -0.2) is 27.4 Å².